The van der Waals surface area contributed by atoms with E-state index in [0.29, 0.717) is 34.2 Å². The topological polar surface area (TPSA) is 144 Å². The van der Waals surface area contributed by atoms with Gasteiger partial charge in [-0.15, -0.1) is 11.3 Å². The second kappa shape index (κ2) is 8.24. The summed E-state index contributed by atoms with van der Waals surface area (Å²) < 4.78 is 0. The van der Waals surface area contributed by atoms with Crippen molar-refractivity contribution in [1.82, 2.24) is 20.6 Å². The summed E-state index contributed by atoms with van der Waals surface area (Å²) in [4.78, 5) is 25.3. The van der Waals surface area contributed by atoms with E-state index in [0.717, 1.165) is 37.4 Å². The van der Waals surface area contributed by atoms with Crippen LogP contribution in [0.2, 0.25) is 0 Å². The zero-order chi connectivity index (χ0) is 22.2. The average molecular weight is 439 g/mol. The minimum Gasteiger partial charge on any atom is -0.389 e. The van der Waals surface area contributed by atoms with Gasteiger partial charge in [0.25, 0.3) is 0 Å². The Morgan fingerprint density at radius 1 is 1.55 bits per heavy atom. The maximum absolute atomic E-state index is 13.3. The number of amidine groups is 1. The monoisotopic (exact) mass is 438 g/mol. The van der Waals surface area contributed by atoms with E-state index < -0.39 is 5.41 Å². The maximum Gasteiger partial charge on any atom is 0.236 e. The lowest BCUT2D eigenvalue weighted by atomic mass is 9.72. The Balaban J connectivity index is 1.57. The van der Waals surface area contributed by atoms with Crippen LogP contribution in [0.5, 0.6) is 0 Å². The van der Waals surface area contributed by atoms with Crippen LogP contribution in [0.4, 0.5) is 10.9 Å². The third-order valence-electron chi connectivity index (χ3n) is 6.15. The van der Waals surface area contributed by atoms with E-state index in [4.69, 9.17) is 11.1 Å². The molecule has 0 bridgehead atoms. The second-order valence-corrected chi connectivity index (χ2v) is 9.39. The highest BCUT2D eigenvalue weighted by molar-refractivity contribution is 7.16. The number of carbonyl (C=O) groups is 1. The molecule has 0 unspecified atom stereocenters. The molecule has 0 aromatic carbocycles. The third-order valence-corrected chi connectivity index (χ3v) is 7.23. The molecule has 9 nitrogen and oxygen atoms in total. The second-order valence-electron chi connectivity index (χ2n) is 8.25. The van der Waals surface area contributed by atoms with E-state index in [1.165, 1.54) is 11.3 Å². The van der Waals surface area contributed by atoms with E-state index in [1.54, 1.807) is 12.3 Å². The molecule has 0 saturated carbocycles. The van der Waals surface area contributed by atoms with Crippen LogP contribution in [0.3, 0.4) is 0 Å². The van der Waals surface area contributed by atoms with E-state index >= 15 is 0 Å². The van der Waals surface area contributed by atoms with Crippen LogP contribution in [-0.2, 0) is 16.6 Å². The largest absolute Gasteiger partial charge is 0.389 e. The number of thiophene rings is 1. The SMILES string of the molecule is C[C@H]1CNCCN1c1nccc(C(=N)NC(=O)[C@@]2(C)CCCc3sc(N)c(C#N)c32)n1. The van der Waals surface area contributed by atoms with Crippen molar-refractivity contribution in [3.8, 4) is 6.07 Å². The molecule has 2 atom stereocenters. The normalized spacial score (nSPS) is 23.0. The lowest BCUT2D eigenvalue weighted by molar-refractivity contribution is -0.125. The van der Waals surface area contributed by atoms with Gasteiger partial charge in [-0.2, -0.15) is 5.26 Å². The number of hydrogen-bond donors (Lipinski definition) is 4. The smallest absolute Gasteiger partial charge is 0.236 e. The molecule has 2 aliphatic rings. The molecule has 3 heterocycles. The summed E-state index contributed by atoms with van der Waals surface area (Å²) in [6.07, 6.45) is 3.84. The Labute approximate surface area is 185 Å². The van der Waals surface area contributed by atoms with Crippen LogP contribution >= 0.6 is 11.3 Å². The fourth-order valence-corrected chi connectivity index (χ4v) is 5.59. The van der Waals surface area contributed by atoms with Gasteiger partial charge in [-0.1, -0.05) is 0 Å². The molecule has 10 heteroatoms. The van der Waals surface area contributed by atoms with E-state index in [9.17, 15) is 10.1 Å². The number of carbonyl (C=O) groups excluding carboxylic acids is 1. The standard InChI is InChI=1S/C21H26N8OS/c1-12-11-25-8-9-29(12)20-26-7-5-14(27-20)17(23)28-19(30)21(2)6-3-4-15-16(21)13(10-22)18(24)31-15/h5,7,12,25H,3-4,6,8-9,11,24H2,1-2H3,(H2,23,28,30)/t12-,21-/m0/s1. The van der Waals surface area contributed by atoms with E-state index in [1.807, 2.05) is 6.92 Å². The summed E-state index contributed by atoms with van der Waals surface area (Å²) in [5.41, 5.74) is 6.59. The number of nitrogens with zero attached hydrogens (tertiary/aromatic N) is 4. The van der Waals surface area contributed by atoms with Gasteiger partial charge in [-0.25, -0.2) is 9.97 Å². The average Bonchev–Trinajstić information content (AvgIpc) is 3.10. The number of aromatic nitrogens is 2. The molecule has 1 aliphatic heterocycles. The van der Waals surface area contributed by atoms with Crippen molar-refractivity contribution in [2.24, 2.45) is 0 Å². The maximum atomic E-state index is 13.3. The lowest BCUT2D eigenvalue weighted by Crippen LogP contribution is -2.50. The van der Waals surface area contributed by atoms with Crippen LogP contribution < -0.4 is 21.3 Å². The quantitative estimate of drug-likeness (QED) is 0.420. The number of nitrogens with two attached hydrogens (primary N) is 1. The van der Waals surface area contributed by atoms with Crippen molar-refractivity contribution in [1.29, 1.82) is 10.7 Å². The van der Waals surface area contributed by atoms with Gasteiger partial charge in [0.1, 0.15) is 16.8 Å². The third kappa shape index (κ3) is 3.75. The van der Waals surface area contributed by atoms with Crippen LogP contribution in [0.15, 0.2) is 12.3 Å². The molecular formula is C21H26N8OS. The zero-order valence-electron chi connectivity index (χ0n) is 17.7. The Bertz CT molecular complexity index is 1070. The first-order valence-electron chi connectivity index (χ1n) is 10.4. The number of aryl methyl sites for hydroxylation is 1. The minimum absolute atomic E-state index is 0.0773. The molecule has 4 rings (SSSR count). The molecular weight excluding hydrogens is 412 g/mol. The number of fused-ring (bicyclic) bond motifs is 1. The van der Waals surface area contributed by atoms with Gasteiger partial charge in [0.2, 0.25) is 11.9 Å². The summed E-state index contributed by atoms with van der Waals surface area (Å²) in [5, 5.41) is 24.6. The molecule has 2 aromatic rings. The Hall–Kier alpha value is -3.03. The number of rotatable bonds is 3. The summed E-state index contributed by atoms with van der Waals surface area (Å²) in [7, 11) is 0. The van der Waals surface area contributed by atoms with Crippen molar-refractivity contribution in [2.75, 3.05) is 30.3 Å². The predicted molar refractivity (Wildman–Crippen MR) is 120 cm³/mol. The van der Waals surface area contributed by atoms with Crippen LogP contribution in [0, 0.1) is 16.7 Å². The minimum atomic E-state index is -0.915. The number of piperazine rings is 1. The fourth-order valence-electron chi connectivity index (χ4n) is 4.40. The molecule has 1 amide bonds. The number of nitrogen functional groups attached to an aromatic ring is 1. The fraction of sp³-hybridized carbons (Fsp3) is 0.476. The molecule has 1 saturated heterocycles. The highest BCUT2D eigenvalue weighted by Gasteiger charge is 2.43. The summed E-state index contributed by atoms with van der Waals surface area (Å²) >= 11 is 1.38. The number of nitriles is 1. The van der Waals surface area contributed by atoms with Crippen molar-refractivity contribution in [2.45, 2.75) is 44.6 Å². The summed E-state index contributed by atoms with van der Waals surface area (Å²) in [6.45, 7) is 6.39. The Morgan fingerprint density at radius 2 is 2.35 bits per heavy atom. The van der Waals surface area contributed by atoms with Crippen molar-refractivity contribution < 1.29 is 4.79 Å². The van der Waals surface area contributed by atoms with Gasteiger partial charge in [-0.3, -0.25) is 10.2 Å². The zero-order valence-corrected chi connectivity index (χ0v) is 18.5. The van der Waals surface area contributed by atoms with Crippen LogP contribution in [0.1, 0.15) is 48.4 Å². The number of anilines is 2. The molecule has 5 N–H and O–H groups in total. The molecule has 0 radical (unpaired) electrons. The first-order valence-corrected chi connectivity index (χ1v) is 11.2. The lowest BCUT2D eigenvalue weighted by Gasteiger charge is -2.34. The van der Waals surface area contributed by atoms with Crippen LogP contribution in [-0.4, -0.2) is 47.4 Å². The molecule has 1 fully saturated rings. The highest BCUT2D eigenvalue weighted by atomic mass is 32.1. The Morgan fingerprint density at radius 3 is 3.10 bits per heavy atom. The van der Waals surface area contributed by atoms with Crippen LogP contribution in [0.25, 0.3) is 0 Å². The van der Waals surface area contributed by atoms with Crippen molar-refractivity contribution >= 4 is 34.0 Å². The van der Waals surface area contributed by atoms with E-state index in [-0.39, 0.29) is 17.8 Å². The molecule has 31 heavy (non-hydrogen) atoms. The van der Waals surface area contributed by atoms with Gasteiger partial charge in [0.15, 0.2) is 5.84 Å². The van der Waals surface area contributed by atoms with Gasteiger partial charge in [0.05, 0.1) is 11.0 Å². The van der Waals surface area contributed by atoms with Crippen molar-refractivity contribution in [3.05, 3.63) is 34.0 Å². The van der Waals surface area contributed by atoms with Gasteiger partial charge < -0.3 is 21.3 Å². The number of nitrogens with one attached hydrogen (secondary N) is 3. The van der Waals surface area contributed by atoms with Gasteiger partial charge >= 0.3 is 0 Å². The number of hydrogen-bond acceptors (Lipinski definition) is 9. The predicted octanol–water partition coefficient (Wildman–Crippen LogP) is 1.53. The highest BCUT2D eigenvalue weighted by Crippen LogP contribution is 2.45. The molecule has 162 valence electrons. The molecule has 0 spiro atoms. The van der Waals surface area contributed by atoms with Crippen molar-refractivity contribution in [3.63, 3.8) is 0 Å². The summed E-state index contributed by atoms with van der Waals surface area (Å²) in [5.74, 6) is 0.156. The van der Waals surface area contributed by atoms with E-state index in [2.05, 4.69) is 38.5 Å². The van der Waals surface area contributed by atoms with Gasteiger partial charge in [-0.05, 0) is 39.2 Å². The Kier molecular flexibility index (Phi) is 5.64. The van der Waals surface area contributed by atoms with Gasteiger partial charge in [0, 0.05) is 42.3 Å². The number of amides is 1. The first kappa shape index (κ1) is 21.2. The molecule has 2 aromatic heterocycles. The molecule has 1 aliphatic carbocycles. The first-order chi connectivity index (χ1) is 14.8. The summed E-state index contributed by atoms with van der Waals surface area (Å²) in [6, 6.07) is 4.03.